The van der Waals surface area contributed by atoms with E-state index in [-0.39, 0.29) is 10.6 Å². The van der Waals surface area contributed by atoms with Crippen molar-refractivity contribution in [1.82, 2.24) is 0 Å². The summed E-state index contributed by atoms with van der Waals surface area (Å²) in [4.78, 5) is 0.262. The molecular formula is C13H15NO2S. The number of unbranched alkanes of at least 4 members (excludes halogenated alkanes) is 1. The van der Waals surface area contributed by atoms with Gasteiger partial charge in [-0.15, -0.1) is 0 Å². The molecule has 0 amide bonds. The molecule has 0 atom stereocenters. The van der Waals surface area contributed by atoms with Crippen LogP contribution in [0.4, 0.5) is 0 Å². The Kier molecular flexibility index (Phi) is 4.92. The van der Waals surface area contributed by atoms with Gasteiger partial charge in [0.2, 0.25) is 0 Å². The van der Waals surface area contributed by atoms with E-state index >= 15 is 0 Å². The fraction of sp³-hybridized carbons (Fsp3) is 0.308. The molecule has 90 valence electrons. The maximum Gasteiger partial charge on any atom is 0.183 e. The Bertz CT molecular complexity index is 524. The summed E-state index contributed by atoms with van der Waals surface area (Å²) in [6.45, 7) is 1.98. The third kappa shape index (κ3) is 4.04. The molecule has 0 aliphatic carbocycles. The lowest BCUT2D eigenvalue weighted by Crippen LogP contribution is -2.08. The van der Waals surface area contributed by atoms with Gasteiger partial charge in [0.05, 0.1) is 16.7 Å². The summed E-state index contributed by atoms with van der Waals surface area (Å²) in [5.74, 6) is -0.215. The topological polar surface area (TPSA) is 57.9 Å². The van der Waals surface area contributed by atoms with Gasteiger partial charge in [0, 0.05) is 5.57 Å². The molecule has 17 heavy (non-hydrogen) atoms. The molecule has 0 aliphatic heterocycles. The van der Waals surface area contributed by atoms with E-state index in [1.807, 2.05) is 13.0 Å². The normalized spacial score (nSPS) is 12.1. The third-order valence-electron chi connectivity index (χ3n) is 2.27. The van der Waals surface area contributed by atoms with Crippen LogP contribution >= 0.6 is 0 Å². The number of nitriles is 1. The van der Waals surface area contributed by atoms with Crippen LogP contribution in [-0.4, -0.2) is 14.2 Å². The summed E-state index contributed by atoms with van der Waals surface area (Å²) < 4.78 is 23.9. The highest BCUT2D eigenvalue weighted by Crippen LogP contribution is 2.13. The summed E-state index contributed by atoms with van der Waals surface area (Å²) >= 11 is 0. The molecule has 0 N–H and O–H groups in total. The molecule has 1 rings (SSSR count). The Labute approximate surface area is 102 Å². The first-order valence-corrected chi connectivity index (χ1v) is 7.12. The lowest BCUT2D eigenvalue weighted by molar-refractivity contribution is 0.598. The van der Waals surface area contributed by atoms with Crippen LogP contribution in [0.5, 0.6) is 0 Å². The Balaban J connectivity index is 2.91. The first-order valence-electron chi connectivity index (χ1n) is 5.47. The standard InChI is InChI=1S/C13H15NO2S/c1-2-3-7-12(10-14)11-17(15,16)13-8-5-4-6-9-13/h4-9H,2-3,11H2,1H3. The zero-order chi connectivity index (χ0) is 12.7. The second kappa shape index (κ2) is 6.21. The molecule has 3 nitrogen and oxygen atoms in total. The van der Waals surface area contributed by atoms with Crippen LogP contribution < -0.4 is 0 Å². The van der Waals surface area contributed by atoms with Gasteiger partial charge in [-0.3, -0.25) is 0 Å². The average Bonchev–Trinajstić information content (AvgIpc) is 2.35. The maximum atomic E-state index is 12.0. The summed E-state index contributed by atoms with van der Waals surface area (Å²) in [5, 5.41) is 8.88. The van der Waals surface area contributed by atoms with Crippen molar-refractivity contribution in [1.29, 1.82) is 5.26 Å². The maximum absolute atomic E-state index is 12.0. The summed E-state index contributed by atoms with van der Waals surface area (Å²) in [6.07, 6.45) is 3.32. The summed E-state index contributed by atoms with van der Waals surface area (Å²) in [5.41, 5.74) is 0.315. The van der Waals surface area contributed by atoms with Crippen molar-refractivity contribution >= 4 is 9.84 Å². The average molecular weight is 249 g/mol. The van der Waals surface area contributed by atoms with Gasteiger partial charge in [-0.05, 0) is 18.6 Å². The van der Waals surface area contributed by atoms with Gasteiger partial charge in [-0.2, -0.15) is 5.26 Å². The fourth-order valence-corrected chi connectivity index (χ4v) is 2.70. The molecule has 0 bridgehead atoms. The molecule has 1 aromatic rings. The summed E-state index contributed by atoms with van der Waals surface area (Å²) in [7, 11) is -3.39. The van der Waals surface area contributed by atoms with Crippen molar-refractivity contribution in [2.45, 2.75) is 24.7 Å². The molecule has 0 aromatic heterocycles. The number of benzene rings is 1. The van der Waals surface area contributed by atoms with Crippen molar-refractivity contribution in [3.8, 4) is 6.07 Å². The van der Waals surface area contributed by atoms with E-state index < -0.39 is 9.84 Å². The molecule has 0 spiro atoms. The van der Waals surface area contributed by atoms with Crippen molar-refractivity contribution in [2.24, 2.45) is 0 Å². The van der Waals surface area contributed by atoms with Crippen molar-refractivity contribution < 1.29 is 8.42 Å². The Hall–Kier alpha value is -1.60. The quantitative estimate of drug-likeness (QED) is 0.754. The van der Waals surface area contributed by atoms with E-state index in [0.29, 0.717) is 5.57 Å². The molecule has 0 unspecified atom stereocenters. The monoisotopic (exact) mass is 249 g/mol. The molecule has 0 saturated heterocycles. The molecule has 1 aromatic carbocycles. The highest BCUT2D eigenvalue weighted by Gasteiger charge is 2.15. The minimum atomic E-state index is -3.39. The van der Waals surface area contributed by atoms with Gasteiger partial charge in [-0.25, -0.2) is 8.42 Å². The smallest absolute Gasteiger partial charge is 0.183 e. The van der Waals surface area contributed by atoms with Crippen LogP contribution in [0.1, 0.15) is 19.8 Å². The summed E-state index contributed by atoms with van der Waals surface area (Å²) in [6, 6.07) is 10.1. The van der Waals surface area contributed by atoms with Crippen molar-refractivity contribution in [3.05, 3.63) is 42.0 Å². The second-order valence-corrected chi connectivity index (χ2v) is 5.69. The predicted octanol–water partition coefficient (Wildman–Crippen LogP) is 2.71. The van der Waals surface area contributed by atoms with Gasteiger partial charge >= 0.3 is 0 Å². The predicted molar refractivity (Wildman–Crippen MR) is 67.1 cm³/mol. The van der Waals surface area contributed by atoms with E-state index in [1.165, 1.54) is 0 Å². The molecule has 0 radical (unpaired) electrons. The highest BCUT2D eigenvalue weighted by molar-refractivity contribution is 7.91. The Morgan fingerprint density at radius 1 is 1.35 bits per heavy atom. The van der Waals surface area contributed by atoms with E-state index in [1.54, 1.807) is 36.4 Å². The minimum absolute atomic E-state index is 0.215. The van der Waals surface area contributed by atoms with E-state index in [4.69, 9.17) is 5.26 Å². The second-order valence-electron chi connectivity index (χ2n) is 3.70. The van der Waals surface area contributed by atoms with Crippen LogP contribution in [0.15, 0.2) is 46.9 Å². The zero-order valence-corrected chi connectivity index (χ0v) is 10.6. The van der Waals surface area contributed by atoms with Gasteiger partial charge < -0.3 is 0 Å². The SMILES string of the molecule is CCCC=C(C#N)CS(=O)(=O)c1ccccc1. The van der Waals surface area contributed by atoms with Crippen molar-refractivity contribution in [2.75, 3.05) is 5.75 Å². The number of hydrogen-bond donors (Lipinski definition) is 0. The lowest BCUT2D eigenvalue weighted by Gasteiger charge is -2.03. The largest absolute Gasteiger partial charge is 0.223 e. The van der Waals surface area contributed by atoms with Gasteiger partial charge in [0.15, 0.2) is 9.84 Å². The molecule has 0 heterocycles. The van der Waals surface area contributed by atoms with E-state index in [2.05, 4.69) is 0 Å². The number of hydrogen-bond acceptors (Lipinski definition) is 3. The van der Waals surface area contributed by atoms with Gasteiger partial charge in [-0.1, -0.05) is 37.6 Å². The Morgan fingerprint density at radius 2 is 2.00 bits per heavy atom. The fourth-order valence-electron chi connectivity index (χ4n) is 1.37. The van der Waals surface area contributed by atoms with Gasteiger partial charge in [0.25, 0.3) is 0 Å². The molecule has 4 heteroatoms. The molecule has 0 fully saturated rings. The number of rotatable bonds is 5. The number of allylic oxidation sites excluding steroid dienone is 1. The van der Waals surface area contributed by atoms with Crippen LogP contribution in [0.25, 0.3) is 0 Å². The lowest BCUT2D eigenvalue weighted by atomic mass is 10.2. The molecular weight excluding hydrogens is 234 g/mol. The van der Waals surface area contributed by atoms with E-state index in [9.17, 15) is 8.42 Å². The molecule has 0 aliphatic rings. The van der Waals surface area contributed by atoms with Crippen molar-refractivity contribution in [3.63, 3.8) is 0 Å². The Morgan fingerprint density at radius 3 is 2.53 bits per heavy atom. The highest BCUT2D eigenvalue weighted by atomic mass is 32.2. The zero-order valence-electron chi connectivity index (χ0n) is 9.76. The minimum Gasteiger partial charge on any atom is -0.223 e. The van der Waals surface area contributed by atoms with E-state index in [0.717, 1.165) is 12.8 Å². The first-order chi connectivity index (χ1) is 8.10. The number of nitrogens with zero attached hydrogens (tertiary/aromatic N) is 1. The van der Waals surface area contributed by atoms with Gasteiger partial charge in [0.1, 0.15) is 0 Å². The van der Waals surface area contributed by atoms with Crippen LogP contribution in [0.3, 0.4) is 0 Å². The third-order valence-corrected chi connectivity index (χ3v) is 3.95. The number of sulfone groups is 1. The first kappa shape index (κ1) is 13.5. The van der Waals surface area contributed by atoms with Crippen LogP contribution in [0.2, 0.25) is 0 Å². The van der Waals surface area contributed by atoms with Crippen LogP contribution in [-0.2, 0) is 9.84 Å². The van der Waals surface area contributed by atoms with Crippen LogP contribution in [0, 0.1) is 11.3 Å². The molecule has 0 saturated carbocycles.